The number of urea groups is 1. The lowest BCUT2D eigenvalue weighted by molar-refractivity contribution is 0.0339. The fourth-order valence-electron chi connectivity index (χ4n) is 2.55. The highest BCUT2D eigenvalue weighted by Gasteiger charge is 2.14. The Balaban J connectivity index is 1.65. The number of rotatable bonds is 4. The van der Waals surface area contributed by atoms with Crippen molar-refractivity contribution in [3.05, 3.63) is 47.2 Å². The predicted molar refractivity (Wildman–Crippen MR) is 96.1 cm³/mol. The summed E-state index contributed by atoms with van der Waals surface area (Å²) in [5.41, 5.74) is 1.76. The first-order chi connectivity index (χ1) is 12.1. The van der Waals surface area contributed by atoms with E-state index in [2.05, 4.69) is 20.5 Å². The summed E-state index contributed by atoms with van der Waals surface area (Å²) in [7, 11) is 0. The van der Waals surface area contributed by atoms with Gasteiger partial charge in [-0.1, -0.05) is 11.6 Å². The number of phenolic OH excluding ortho intramolecular Hbond substituents is 1. The molecule has 3 N–H and O–H groups in total. The number of halogens is 1. The third-order valence-corrected chi connectivity index (χ3v) is 4.14. The molecule has 0 saturated carbocycles. The van der Waals surface area contributed by atoms with Gasteiger partial charge in [-0.25, -0.2) is 9.78 Å². The van der Waals surface area contributed by atoms with Gasteiger partial charge in [0.1, 0.15) is 5.75 Å². The molecule has 3 rings (SSSR count). The number of amides is 2. The van der Waals surface area contributed by atoms with Crippen LogP contribution >= 0.6 is 11.6 Å². The largest absolute Gasteiger partial charge is 0.508 e. The zero-order valence-electron chi connectivity index (χ0n) is 13.5. The number of carbonyl (C=O) groups is 1. The summed E-state index contributed by atoms with van der Waals surface area (Å²) < 4.78 is 5.32. The third kappa shape index (κ3) is 4.82. The Bertz CT molecular complexity index is 750. The Labute approximate surface area is 150 Å². The molecule has 0 bridgehead atoms. The molecule has 2 aromatic rings. The Morgan fingerprint density at radius 2 is 2.08 bits per heavy atom. The topological polar surface area (TPSA) is 86.7 Å². The Hall–Kier alpha value is -2.35. The minimum atomic E-state index is -0.432. The van der Waals surface area contributed by atoms with Crippen molar-refractivity contribution in [3.63, 3.8) is 0 Å². The van der Waals surface area contributed by atoms with E-state index < -0.39 is 6.03 Å². The lowest BCUT2D eigenvalue weighted by Crippen LogP contribution is -2.35. The van der Waals surface area contributed by atoms with Gasteiger partial charge in [0.15, 0.2) is 5.15 Å². The molecule has 1 saturated heterocycles. The first-order valence-corrected chi connectivity index (χ1v) is 8.30. The van der Waals surface area contributed by atoms with Crippen LogP contribution in [0.15, 0.2) is 36.5 Å². The van der Waals surface area contributed by atoms with E-state index in [9.17, 15) is 9.90 Å². The van der Waals surface area contributed by atoms with Crippen molar-refractivity contribution in [3.8, 4) is 5.75 Å². The first-order valence-electron chi connectivity index (χ1n) is 7.92. The third-order valence-electron chi connectivity index (χ3n) is 3.84. The van der Waals surface area contributed by atoms with E-state index in [-0.39, 0.29) is 10.9 Å². The van der Waals surface area contributed by atoms with Gasteiger partial charge in [0.2, 0.25) is 0 Å². The summed E-state index contributed by atoms with van der Waals surface area (Å²) in [6, 6.07) is 7.89. The number of nitrogens with one attached hydrogen (secondary N) is 2. The maximum atomic E-state index is 12.1. The molecular formula is C17H19ClN4O3. The zero-order chi connectivity index (χ0) is 17.6. The van der Waals surface area contributed by atoms with E-state index in [0.29, 0.717) is 31.1 Å². The summed E-state index contributed by atoms with van der Waals surface area (Å²) in [6.45, 7) is 3.61. The highest BCUT2D eigenvalue weighted by molar-refractivity contribution is 6.32. The molecule has 1 aromatic heterocycles. The van der Waals surface area contributed by atoms with Crippen LogP contribution in [0, 0.1) is 0 Å². The molecule has 0 atom stereocenters. The molecule has 7 nitrogen and oxygen atoms in total. The van der Waals surface area contributed by atoms with Crippen LogP contribution in [-0.4, -0.2) is 47.3 Å². The minimum absolute atomic E-state index is 0.202. The molecular weight excluding hydrogens is 344 g/mol. The molecule has 0 radical (unpaired) electrons. The Kier molecular flexibility index (Phi) is 5.70. The number of aromatic hydroxyl groups is 1. The highest BCUT2D eigenvalue weighted by atomic mass is 35.5. The van der Waals surface area contributed by atoms with Crippen molar-refractivity contribution in [1.29, 1.82) is 0 Å². The molecule has 1 aliphatic rings. The molecule has 132 valence electrons. The fraction of sp³-hybridized carbons (Fsp3) is 0.294. The number of carbonyl (C=O) groups excluding carboxylic acids is 1. The smallest absolute Gasteiger partial charge is 0.323 e. The van der Waals surface area contributed by atoms with Gasteiger partial charge in [-0.05, 0) is 30.3 Å². The average Bonchev–Trinajstić information content (AvgIpc) is 2.61. The number of morpholine rings is 1. The standard InChI is InChI=1S/C17H19ClN4O3/c18-16-14(2-1-5-19-16)21-17(24)20-13-3-4-15(23)12(10-13)11-22-6-8-25-9-7-22/h1-5,10,23H,6-9,11H2,(H2,20,21,24). The molecule has 0 spiro atoms. The molecule has 2 amide bonds. The first kappa shape index (κ1) is 17.5. The van der Waals surface area contributed by atoms with E-state index in [1.54, 1.807) is 36.5 Å². The molecule has 25 heavy (non-hydrogen) atoms. The number of anilines is 2. The number of hydrogen-bond acceptors (Lipinski definition) is 5. The van der Waals surface area contributed by atoms with Crippen molar-refractivity contribution in [2.24, 2.45) is 0 Å². The Morgan fingerprint density at radius 1 is 1.28 bits per heavy atom. The monoisotopic (exact) mass is 362 g/mol. The van der Waals surface area contributed by atoms with Gasteiger partial charge in [0, 0.05) is 37.1 Å². The van der Waals surface area contributed by atoms with Crippen LogP contribution in [0.2, 0.25) is 5.15 Å². The second-order valence-corrected chi connectivity index (χ2v) is 6.01. The van der Waals surface area contributed by atoms with E-state index in [4.69, 9.17) is 16.3 Å². The van der Waals surface area contributed by atoms with Crippen LogP contribution in [-0.2, 0) is 11.3 Å². The van der Waals surface area contributed by atoms with Gasteiger partial charge in [0.25, 0.3) is 0 Å². The minimum Gasteiger partial charge on any atom is -0.508 e. The van der Waals surface area contributed by atoms with E-state index in [1.807, 2.05) is 0 Å². The maximum Gasteiger partial charge on any atom is 0.323 e. The number of benzene rings is 1. The van der Waals surface area contributed by atoms with Crippen molar-refractivity contribution < 1.29 is 14.6 Å². The summed E-state index contributed by atoms with van der Waals surface area (Å²) in [6.07, 6.45) is 1.54. The quantitative estimate of drug-likeness (QED) is 0.575. The van der Waals surface area contributed by atoms with Crippen LogP contribution in [0.3, 0.4) is 0 Å². The van der Waals surface area contributed by atoms with Crippen molar-refractivity contribution in [2.45, 2.75) is 6.54 Å². The summed E-state index contributed by atoms with van der Waals surface area (Å²) >= 11 is 5.92. The molecule has 1 fully saturated rings. The summed E-state index contributed by atoms with van der Waals surface area (Å²) in [4.78, 5) is 18.2. The van der Waals surface area contributed by atoms with Crippen LogP contribution in [0.5, 0.6) is 5.75 Å². The second-order valence-electron chi connectivity index (χ2n) is 5.65. The molecule has 1 aliphatic heterocycles. The predicted octanol–water partition coefficient (Wildman–Crippen LogP) is 2.92. The second kappa shape index (κ2) is 8.15. The van der Waals surface area contributed by atoms with Crippen LogP contribution in [0.4, 0.5) is 16.2 Å². The molecule has 8 heteroatoms. The van der Waals surface area contributed by atoms with Gasteiger partial charge in [0.05, 0.1) is 18.9 Å². The van der Waals surface area contributed by atoms with E-state index >= 15 is 0 Å². The van der Waals surface area contributed by atoms with E-state index in [1.165, 1.54) is 0 Å². The summed E-state index contributed by atoms with van der Waals surface area (Å²) in [5.74, 6) is 0.202. The molecule has 2 heterocycles. The van der Waals surface area contributed by atoms with Gasteiger partial charge in [-0.2, -0.15) is 0 Å². The normalized spacial score (nSPS) is 14.9. The maximum absolute atomic E-state index is 12.1. The number of nitrogens with zero attached hydrogens (tertiary/aromatic N) is 2. The van der Waals surface area contributed by atoms with Gasteiger partial charge in [-0.15, -0.1) is 0 Å². The van der Waals surface area contributed by atoms with Gasteiger partial charge >= 0.3 is 6.03 Å². The van der Waals surface area contributed by atoms with E-state index in [0.717, 1.165) is 18.7 Å². The number of aromatic nitrogens is 1. The molecule has 0 aliphatic carbocycles. The molecule has 1 aromatic carbocycles. The molecule has 0 unspecified atom stereocenters. The van der Waals surface area contributed by atoms with Crippen molar-refractivity contribution >= 4 is 29.0 Å². The lowest BCUT2D eigenvalue weighted by Gasteiger charge is -2.27. The zero-order valence-corrected chi connectivity index (χ0v) is 14.3. The van der Waals surface area contributed by atoms with Gasteiger partial charge < -0.3 is 20.5 Å². The number of pyridine rings is 1. The van der Waals surface area contributed by atoms with Gasteiger partial charge in [-0.3, -0.25) is 4.90 Å². The Morgan fingerprint density at radius 3 is 2.84 bits per heavy atom. The van der Waals surface area contributed by atoms with Crippen molar-refractivity contribution in [2.75, 3.05) is 36.9 Å². The van der Waals surface area contributed by atoms with Crippen LogP contribution in [0.1, 0.15) is 5.56 Å². The van der Waals surface area contributed by atoms with Crippen molar-refractivity contribution in [1.82, 2.24) is 9.88 Å². The number of hydrogen-bond donors (Lipinski definition) is 3. The SMILES string of the molecule is O=C(Nc1ccc(O)c(CN2CCOCC2)c1)Nc1cccnc1Cl. The highest BCUT2D eigenvalue weighted by Crippen LogP contribution is 2.24. The summed E-state index contributed by atoms with van der Waals surface area (Å²) in [5, 5.41) is 15.7. The van der Waals surface area contributed by atoms with Crippen LogP contribution in [0.25, 0.3) is 0 Å². The number of phenols is 1. The number of ether oxygens (including phenoxy) is 1. The van der Waals surface area contributed by atoms with Crippen LogP contribution < -0.4 is 10.6 Å². The lowest BCUT2D eigenvalue weighted by atomic mass is 10.1. The fourth-order valence-corrected chi connectivity index (χ4v) is 2.72. The average molecular weight is 363 g/mol.